The molecular weight excluding hydrogens is 993 g/mol. The van der Waals surface area contributed by atoms with Gasteiger partial charge in [0, 0.05) is 16.3 Å². The zero-order valence-electron chi connectivity index (χ0n) is 41.0. The van der Waals surface area contributed by atoms with Gasteiger partial charge in [0.2, 0.25) is 0 Å². The van der Waals surface area contributed by atoms with Gasteiger partial charge in [0.05, 0.1) is 22.8 Å². The summed E-state index contributed by atoms with van der Waals surface area (Å²) in [7, 11) is -2.09. The quantitative estimate of drug-likeness (QED) is 0.153. The van der Waals surface area contributed by atoms with E-state index in [9.17, 15) is 0 Å². The summed E-state index contributed by atoms with van der Waals surface area (Å²) >= 11 is 0. The Morgan fingerprint density at radius 1 is 0.400 bits per heavy atom. The molecule has 0 N–H and O–H groups in total. The topological polar surface area (TPSA) is 89.5 Å². The van der Waals surface area contributed by atoms with Gasteiger partial charge in [0.1, 0.15) is 16.9 Å². The van der Waals surface area contributed by atoms with Crippen molar-refractivity contribution in [2.45, 2.75) is 13.8 Å². The van der Waals surface area contributed by atoms with Crippen LogP contribution < -0.4 is 14.5 Å². The van der Waals surface area contributed by atoms with Crippen LogP contribution in [0.2, 0.25) is 0 Å². The minimum absolute atomic E-state index is 0. The Kier molecular flexibility index (Phi) is 11.6. The molecule has 0 saturated carbocycles. The average molecular weight is 1040 g/mol. The fourth-order valence-corrected chi connectivity index (χ4v) is 12.0. The van der Waals surface area contributed by atoms with Crippen LogP contribution in [0.4, 0.5) is 0 Å². The van der Waals surface area contributed by atoms with Crippen LogP contribution in [0.3, 0.4) is 0 Å². The number of rotatable bonds is 6. The first-order chi connectivity index (χ1) is 36.5. The first-order valence-corrected chi connectivity index (χ1v) is 25.8. The number of aromatic nitrogens is 4. The molecule has 0 spiro atoms. The molecule has 0 amide bonds. The summed E-state index contributed by atoms with van der Waals surface area (Å²) in [5.74, 6) is 0.562. The number of para-hydroxylation sites is 1. The Morgan fingerprint density at radius 3 is 1.20 bits per heavy atom. The van der Waals surface area contributed by atoms with Crippen LogP contribution in [0.1, 0.15) is 33.9 Å². The molecule has 0 saturated heterocycles. The van der Waals surface area contributed by atoms with E-state index in [0.29, 0.717) is 5.75 Å². The molecule has 12 aromatic rings. The van der Waals surface area contributed by atoms with Gasteiger partial charge in [-0.25, -0.2) is 9.97 Å². The van der Waals surface area contributed by atoms with E-state index in [0.717, 1.165) is 144 Å². The van der Waals surface area contributed by atoms with Crippen molar-refractivity contribution < 1.29 is 32.4 Å². The van der Waals surface area contributed by atoms with Crippen LogP contribution in [0, 0.1) is 13.8 Å². The van der Waals surface area contributed by atoms with Crippen LogP contribution >= 0.6 is 8.24 Å². The van der Waals surface area contributed by atoms with Crippen molar-refractivity contribution in [2.75, 3.05) is 0 Å². The van der Waals surface area contributed by atoms with Crippen LogP contribution in [-0.4, -0.2) is 9.97 Å². The van der Waals surface area contributed by atoms with Crippen molar-refractivity contribution in [1.82, 2.24) is 19.9 Å². The Hall–Kier alpha value is -8.80. The first kappa shape index (κ1) is 46.0. The van der Waals surface area contributed by atoms with E-state index in [1.807, 2.05) is 36.4 Å². The summed E-state index contributed by atoms with van der Waals surface area (Å²) in [6.07, 6.45) is 8.35. The van der Waals surface area contributed by atoms with Gasteiger partial charge in [0.25, 0.3) is 0 Å². The second kappa shape index (κ2) is 18.9. The van der Waals surface area contributed by atoms with Gasteiger partial charge < -0.3 is 22.9 Å². The monoisotopic (exact) mass is 1030 g/mol. The molecule has 0 unspecified atom stereocenters. The molecular formula is C66H43N4O3PZn. The third kappa shape index (κ3) is 8.02. The molecule has 0 atom stereocenters. The third-order valence-electron chi connectivity index (χ3n) is 14.1. The van der Waals surface area contributed by atoms with Crippen molar-refractivity contribution in [3.8, 4) is 50.3 Å². The van der Waals surface area contributed by atoms with E-state index in [1.54, 1.807) is 0 Å². The molecule has 75 heavy (non-hydrogen) atoms. The summed E-state index contributed by atoms with van der Waals surface area (Å²) in [5, 5.41) is 6.40. The summed E-state index contributed by atoms with van der Waals surface area (Å²) < 4.78 is 21.4. The SMILES string of the molecule is Cc1cc2ccccc2c2c1op(Oc1ccccc1-c1c3nc(c(-c4ccccc4)c4ccc([n-]4)c(-c4ccccc4)c4nc(c(-c5ccccc5)c5ccc1[n-]5)C=C4)C=C3)oc1c(C)cc3ccccc3c12.[Zn+2]. The Bertz CT molecular complexity index is 4400. The predicted molar refractivity (Wildman–Crippen MR) is 305 cm³/mol. The van der Waals surface area contributed by atoms with Crippen molar-refractivity contribution >= 4 is 98.1 Å². The number of aryl methyl sites for hydroxylation is 2. The molecule has 2 aliphatic rings. The second-order valence-corrected chi connectivity index (χ2v) is 19.7. The first-order valence-electron chi connectivity index (χ1n) is 24.7. The zero-order valence-corrected chi connectivity index (χ0v) is 44.9. The molecule has 0 radical (unpaired) electrons. The molecule has 7 nitrogen and oxygen atoms in total. The number of hydrogen-bond donors (Lipinski definition) is 0. The Balaban J connectivity index is 0.00000541. The van der Waals surface area contributed by atoms with Crippen molar-refractivity contribution in [3.05, 3.63) is 234 Å². The normalized spacial score (nSPS) is 11.9. The van der Waals surface area contributed by atoms with Crippen LogP contribution in [-0.2, 0) is 19.5 Å². The fraction of sp³-hybridized carbons (Fsp3) is 0.0303. The Labute approximate surface area is 446 Å². The van der Waals surface area contributed by atoms with Gasteiger partial charge in [-0.15, -0.1) is 22.1 Å². The summed E-state index contributed by atoms with van der Waals surface area (Å²) in [4.78, 5) is 21.9. The van der Waals surface area contributed by atoms with Gasteiger partial charge in [0.15, 0.2) is 0 Å². The van der Waals surface area contributed by atoms with E-state index < -0.39 is 8.24 Å². The third-order valence-corrected chi connectivity index (χ3v) is 15.1. The number of benzene rings is 8. The number of hydrogen-bond acceptors (Lipinski definition) is 5. The maximum Gasteiger partial charge on any atom is 2.00 e. The molecule has 8 aromatic carbocycles. The van der Waals surface area contributed by atoms with Gasteiger partial charge >= 0.3 is 27.7 Å². The minimum Gasteiger partial charge on any atom is -0.657 e. The van der Waals surface area contributed by atoms with Gasteiger partial charge in [-0.3, -0.25) is 0 Å². The van der Waals surface area contributed by atoms with Crippen molar-refractivity contribution in [1.29, 1.82) is 0 Å². The maximum absolute atomic E-state index is 7.18. The zero-order chi connectivity index (χ0) is 49.3. The van der Waals surface area contributed by atoms with Crippen LogP contribution in [0.15, 0.2) is 209 Å². The molecule has 352 valence electrons. The molecule has 14 rings (SSSR count). The van der Waals surface area contributed by atoms with E-state index in [-0.39, 0.29) is 19.5 Å². The summed E-state index contributed by atoms with van der Waals surface area (Å²) in [5.41, 5.74) is 17.0. The van der Waals surface area contributed by atoms with Gasteiger partial charge in [-0.2, -0.15) is 0 Å². The molecule has 8 bridgehead atoms. The van der Waals surface area contributed by atoms with Crippen molar-refractivity contribution in [3.63, 3.8) is 0 Å². The van der Waals surface area contributed by atoms with E-state index in [1.165, 1.54) is 0 Å². The van der Waals surface area contributed by atoms with E-state index in [2.05, 4.69) is 202 Å². The maximum atomic E-state index is 7.18. The molecule has 9 heteroatoms. The Morgan fingerprint density at radius 2 is 0.760 bits per heavy atom. The molecule has 0 aliphatic carbocycles. The second-order valence-electron chi connectivity index (χ2n) is 18.7. The van der Waals surface area contributed by atoms with Crippen molar-refractivity contribution in [2.24, 2.45) is 0 Å². The average Bonchev–Trinajstić information content (AvgIpc) is 4.33. The summed E-state index contributed by atoms with van der Waals surface area (Å²) in [6.45, 7) is 4.20. The minimum atomic E-state index is -2.09. The van der Waals surface area contributed by atoms with Gasteiger partial charge in [-0.1, -0.05) is 182 Å². The molecule has 4 aromatic heterocycles. The molecule has 0 fully saturated rings. The molecule has 6 heterocycles. The largest absolute Gasteiger partial charge is 2.00 e. The number of fused-ring (bicyclic) bond motifs is 15. The van der Waals surface area contributed by atoms with Crippen LogP contribution in [0.25, 0.3) is 134 Å². The van der Waals surface area contributed by atoms with Crippen LogP contribution in [0.5, 0.6) is 5.75 Å². The summed E-state index contributed by atoms with van der Waals surface area (Å²) in [6, 6.07) is 68.8. The molecule has 2 aliphatic heterocycles. The fourth-order valence-electron chi connectivity index (χ4n) is 10.8. The van der Waals surface area contributed by atoms with E-state index >= 15 is 0 Å². The predicted octanol–water partition coefficient (Wildman–Crippen LogP) is 17.9. The standard InChI is InChI=1S/C66H43N4O3P.Zn/c1-40-38-45-24-12-14-26-47(45)63-64-48-27-15-13-25-46(48)39-41(2)66(64)73-74(72-65(40)63)71-58-29-17-16-28-49(58)62-56-36-34-54(69-56)60(43-20-8-4-9-21-43)52-32-30-50(67-52)59(42-18-6-3-7-19-42)51-31-33-53(68-51)61(44-22-10-5-11-23-44)55-35-37-57(62)70-55;/h3-39H,1-2H3;/q-2;+2. The van der Waals surface area contributed by atoms with E-state index in [4.69, 9.17) is 32.9 Å². The smallest absolute Gasteiger partial charge is 0.657 e. The van der Waals surface area contributed by atoms with Gasteiger partial charge in [-0.05, 0) is 128 Å². The number of nitrogens with zero attached hydrogens (tertiary/aromatic N) is 4.